The van der Waals surface area contributed by atoms with Gasteiger partial charge < -0.3 is 0 Å². The molecule has 2 aromatic heterocycles. The maximum Gasteiger partial charge on any atom is 0.183 e. The predicted molar refractivity (Wildman–Crippen MR) is 101 cm³/mol. The van der Waals surface area contributed by atoms with E-state index in [2.05, 4.69) is 43.1 Å². The lowest BCUT2D eigenvalue weighted by Gasteiger charge is -2.09. The van der Waals surface area contributed by atoms with Crippen LogP contribution >= 0.6 is 23.1 Å². The highest BCUT2D eigenvalue weighted by molar-refractivity contribution is 7.99. The van der Waals surface area contributed by atoms with Crippen molar-refractivity contribution in [3.8, 4) is 11.3 Å². The number of carbonyl (C=O) groups is 1. The van der Waals surface area contributed by atoms with Crippen molar-refractivity contribution in [1.29, 1.82) is 0 Å². The van der Waals surface area contributed by atoms with Crippen molar-refractivity contribution in [2.24, 2.45) is 0 Å². The molecule has 0 aliphatic carbocycles. The van der Waals surface area contributed by atoms with E-state index in [1.54, 1.807) is 0 Å². The molecule has 3 aromatic rings. The number of rotatable bonds is 5. The van der Waals surface area contributed by atoms with Gasteiger partial charge in [-0.05, 0) is 67.1 Å². The number of hydrogen-bond donors (Lipinski definition) is 0. The van der Waals surface area contributed by atoms with Gasteiger partial charge in [-0.25, -0.2) is 0 Å². The number of aryl methyl sites for hydroxylation is 3. The van der Waals surface area contributed by atoms with E-state index in [1.165, 1.54) is 39.8 Å². The number of aromatic nitrogens is 2. The lowest BCUT2D eigenvalue weighted by atomic mass is 9.99. The van der Waals surface area contributed by atoms with E-state index in [1.807, 2.05) is 29.6 Å². The van der Waals surface area contributed by atoms with Crippen molar-refractivity contribution in [1.82, 2.24) is 10.2 Å². The Morgan fingerprint density at radius 2 is 1.83 bits per heavy atom. The molecule has 0 saturated carbocycles. The van der Waals surface area contributed by atoms with E-state index in [0.29, 0.717) is 5.75 Å². The topological polar surface area (TPSA) is 42.9 Å². The maximum atomic E-state index is 12.0. The standard InChI is InChI=1S/C19H18N2OS2/c1-12-9-14(3)15(10-13(12)2)16-6-7-19(21-20-16)24-11-17(22)18-5-4-8-23-18/h4-10H,11H2,1-3H3. The minimum atomic E-state index is 0.130. The lowest BCUT2D eigenvalue weighted by Crippen LogP contribution is -2.00. The first-order valence-corrected chi connectivity index (χ1v) is 9.52. The van der Waals surface area contributed by atoms with Gasteiger partial charge in [0.25, 0.3) is 0 Å². The minimum Gasteiger partial charge on any atom is -0.292 e. The van der Waals surface area contributed by atoms with E-state index >= 15 is 0 Å². The highest BCUT2D eigenvalue weighted by Crippen LogP contribution is 2.26. The number of Topliss-reactive ketones (excluding diaryl/α,β-unsaturated/α-hetero) is 1. The van der Waals surface area contributed by atoms with Gasteiger partial charge in [0.15, 0.2) is 5.78 Å². The Hall–Kier alpha value is -1.98. The third-order valence-electron chi connectivity index (χ3n) is 3.90. The van der Waals surface area contributed by atoms with Crippen LogP contribution in [-0.4, -0.2) is 21.7 Å². The molecule has 0 radical (unpaired) electrons. The molecule has 0 fully saturated rings. The average Bonchev–Trinajstić information content (AvgIpc) is 3.11. The summed E-state index contributed by atoms with van der Waals surface area (Å²) in [6.45, 7) is 6.31. The third-order valence-corrected chi connectivity index (χ3v) is 5.73. The van der Waals surface area contributed by atoms with Crippen LogP contribution < -0.4 is 0 Å². The molecule has 0 bridgehead atoms. The SMILES string of the molecule is Cc1cc(C)c(-c2ccc(SCC(=O)c3cccs3)nn2)cc1C. The minimum absolute atomic E-state index is 0.130. The number of thioether (sulfide) groups is 1. The van der Waals surface area contributed by atoms with Gasteiger partial charge in [0.1, 0.15) is 5.03 Å². The number of carbonyl (C=O) groups excluding carboxylic acids is 1. The van der Waals surface area contributed by atoms with Crippen LogP contribution in [-0.2, 0) is 0 Å². The smallest absolute Gasteiger partial charge is 0.183 e. The number of benzene rings is 1. The second-order valence-corrected chi connectivity index (χ2v) is 7.64. The van der Waals surface area contributed by atoms with Gasteiger partial charge in [0.05, 0.1) is 16.3 Å². The summed E-state index contributed by atoms with van der Waals surface area (Å²) in [5.74, 6) is 0.517. The number of hydrogen-bond acceptors (Lipinski definition) is 5. The Bertz CT molecular complexity index is 856. The summed E-state index contributed by atoms with van der Waals surface area (Å²) in [7, 11) is 0. The number of nitrogens with zero attached hydrogens (tertiary/aromatic N) is 2. The molecule has 0 amide bonds. The molecule has 0 saturated heterocycles. The molecule has 24 heavy (non-hydrogen) atoms. The van der Waals surface area contributed by atoms with E-state index in [0.717, 1.165) is 21.2 Å². The zero-order valence-electron chi connectivity index (χ0n) is 13.9. The Morgan fingerprint density at radius 3 is 2.50 bits per heavy atom. The van der Waals surface area contributed by atoms with Crippen LogP contribution in [0.15, 0.2) is 46.8 Å². The highest BCUT2D eigenvalue weighted by atomic mass is 32.2. The molecule has 0 N–H and O–H groups in total. The zero-order valence-corrected chi connectivity index (χ0v) is 15.5. The second kappa shape index (κ2) is 7.28. The first-order chi connectivity index (χ1) is 11.5. The molecule has 1 aromatic carbocycles. The Balaban J connectivity index is 1.72. The van der Waals surface area contributed by atoms with Crippen molar-refractivity contribution in [2.75, 3.05) is 5.75 Å². The van der Waals surface area contributed by atoms with Gasteiger partial charge in [0, 0.05) is 5.56 Å². The first-order valence-electron chi connectivity index (χ1n) is 7.66. The van der Waals surface area contributed by atoms with E-state index in [-0.39, 0.29) is 5.78 Å². The summed E-state index contributed by atoms with van der Waals surface area (Å²) in [5, 5.41) is 11.3. The quantitative estimate of drug-likeness (QED) is 0.472. The zero-order chi connectivity index (χ0) is 17.1. The van der Waals surface area contributed by atoms with Crippen LogP contribution in [0.5, 0.6) is 0 Å². The Morgan fingerprint density at radius 1 is 1.04 bits per heavy atom. The van der Waals surface area contributed by atoms with Crippen LogP contribution in [0.25, 0.3) is 11.3 Å². The lowest BCUT2D eigenvalue weighted by molar-refractivity contribution is 0.102. The molecular formula is C19H18N2OS2. The van der Waals surface area contributed by atoms with Gasteiger partial charge in [-0.2, -0.15) is 0 Å². The molecule has 0 spiro atoms. The first kappa shape index (κ1) is 16.9. The van der Waals surface area contributed by atoms with Crippen molar-refractivity contribution in [3.63, 3.8) is 0 Å². The van der Waals surface area contributed by atoms with Gasteiger partial charge in [-0.1, -0.05) is 23.9 Å². The number of thiophene rings is 1. The maximum absolute atomic E-state index is 12.0. The van der Waals surface area contributed by atoms with E-state index < -0.39 is 0 Å². The normalized spacial score (nSPS) is 10.8. The molecule has 0 aliphatic heterocycles. The summed E-state index contributed by atoms with van der Waals surface area (Å²) in [6, 6.07) is 12.0. The van der Waals surface area contributed by atoms with E-state index in [9.17, 15) is 4.79 Å². The monoisotopic (exact) mass is 354 g/mol. The molecular weight excluding hydrogens is 336 g/mol. The van der Waals surface area contributed by atoms with E-state index in [4.69, 9.17) is 0 Å². The van der Waals surface area contributed by atoms with Gasteiger partial charge in [-0.3, -0.25) is 4.79 Å². The molecule has 5 heteroatoms. The van der Waals surface area contributed by atoms with Crippen molar-refractivity contribution in [3.05, 3.63) is 63.3 Å². The van der Waals surface area contributed by atoms with Crippen molar-refractivity contribution >= 4 is 28.9 Å². The summed E-state index contributed by atoms with van der Waals surface area (Å²) < 4.78 is 0. The Kier molecular flexibility index (Phi) is 5.11. The molecule has 0 atom stereocenters. The summed E-state index contributed by atoms with van der Waals surface area (Å²) >= 11 is 2.90. The molecule has 0 aliphatic rings. The van der Waals surface area contributed by atoms with Crippen molar-refractivity contribution in [2.45, 2.75) is 25.8 Å². The predicted octanol–water partition coefficient (Wildman–Crippen LogP) is 5.11. The fourth-order valence-corrected chi connectivity index (χ4v) is 3.88. The van der Waals surface area contributed by atoms with Gasteiger partial charge >= 0.3 is 0 Å². The van der Waals surface area contributed by atoms with Crippen LogP contribution in [0.1, 0.15) is 26.4 Å². The largest absolute Gasteiger partial charge is 0.292 e. The summed E-state index contributed by atoms with van der Waals surface area (Å²) in [6.07, 6.45) is 0. The molecule has 2 heterocycles. The van der Waals surface area contributed by atoms with Crippen LogP contribution in [0.2, 0.25) is 0 Å². The van der Waals surface area contributed by atoms with Crippen LogP contribution in [0.3, 0.4) is 0 Å². The molecule has 0 unspecified atom stereocenters. The third kappa shape index (κ3) is 3.74. The fourth-order valence-electron chi connectivity index (χ4n) is 2.42. The van der Waals surface area contributed by atoms with Crippen LogP contribution in [0, 0.1) is 20.8 Å². The molecule has 3 rings (SSSR count). The summed E-state index contributed by atoms with van der Waals surface area (Å²) in [4.78, 5) is 12.8. The number of ketones is 1. The molecule has 3 nitrogen and oxygen atoms in total. The fraction of sp³-hybridized carbons (Fsp3) is 0.211. The van der Waals surface area contributed by atoms with Crippen molar-refractivity contribution < 1.29 is 4.79 Å². The Labute approximate surface area is 150 Å². The molecule has 122 valence electrons. The average molecular weight is 355 g/mol. The van der Waals surface area contributed by atoms with Crippen LogP contribution in [0.4, 0.5) is 0 Å². The summed E-state index contributed by atoms with van der Waals surface area (Å²) in [5.41, 5.74) is 5.70. The highest BCUT2D eigenvalue weighted by Gasteiger charge is 2.10. The van der Waals surface area contributed by atoms with Gasteiger partial charge in [0.2, 0.25) is 0 Å². The van der Waals surface area contributed by atoms with Gasteiger partial charge in [-0.15, -0.1) is 21.5 Å². The second-order valence-electron chi connectivity index (χ2n) is 5.70.